The fourth-order valence-corrected chi connectivity index (χ4v) is 3.27. The Bertz CT molecular complexity index is 525. The van der Waals surface area contributed by atoms with Crippen LogP contribution < -0.4 is 10.0 Å². The minimum atomic E-state index is -3.52. The Morgan fingerprint density at radius 2 is 1.90 bits per heavy atom. The quantitative estimate of drug-likeness (QED) is 0.774. The number of hydrogen-bond donors (Lipinski definition) is 2. The molecular weight excluding hydrogens is 274 g/mol. The van der Waals surface area contributed by atoms with E-state index in [9.17, 15) is 8.42 Å². The van der Waals surface area contributed by atoms with E-state index in [1.165, 1.54) is 12.3 Å². The highest BCUT2D eigenvalue weighted by molar-refractivity contribution is 7.89. The molecule has 0 aromatic carbocycles. The Balaban J connectivity index is 2.98. The van der Waals surface area contributed by atoms with Gasteiger partial charge in [-0.2, -0.15) is 0 Å². The summed E-state index contributed by atoms with van der Waals surface area (Å²) in [6.07, 6.45) is 3.96. The molecule has 20 heavy (non-hydrogen) atoms. The van der Waals surface area contributed by atoms with Crippen molar-refractivity contribution in [3.63, 3.8) is 0 Å². The highest BCUT2D eigenvalue weighted by atomic mass is 32.2. The summed E-state index contributed by atoms with van der Waals surface area (Å²) in [5, 5.41) is 3.09. The molecule has 6 heteroatoms. The molecule has 114 valence electrons. The average Bonchev–Trinajstić information content (AvgIpc) is 2.45. The molecule has 1 aromatic heterocycles. The Hall–Kier alpha value is -1.14. The van der Waals surface area contributed by atoms with Gasteiger partial charge in [-0.05, 0) is 32.3 Å². The van der Waals surface area contributed by atoms with Crippen molar-refractivity contribution < 1.29 is 8.42 Å². The minimum Gasteiger partial charge on any atom is -0.370 e. The summed E-state index contributed by atoms with van der Waals surface area (Å²) < 4.78 is 27.6. The van der Waals surface area contributed by atoms with Gasteiger partial charge in [-0.1, -0.05) is 20.8 Å². The summed E-state index contributed by atoms with van der Waals surface area (Å²) in [7, 11) is -3.52. The molecule has 5 nitrogen and oxygen atoms in total. The zero-order valence-electron chi connectivity index (χ0n) is 12.7. The van der Waals surface area contributed by atoms with E-state index in [1.807, 2.05) is 27.7 Å². The maximum atomic E-state index is 12.4. The van der Waals surface area contributed by atoms with Gasteiger partial charge in [0.2, 0.25) is 10.0 Å². The topological polar surface area (TPSA) is 71.1 Å². The number of aromatic nitrogens is 1. The van der Waals surface area contributed by atoms with Gasteiger partial charge in [-0.25, -0.2) is 18.1 Å². The summed E-state index contributed by atoms with van der Waals surface area (Å²) in [6, 6.07) is 3.09. The van der Waals surface area contributed by atoms with Crippen LogP contribution in [-0.2, 0) is 10.0 Å². The molecule has 0 aliphatic carbocycles. The van der Waals surface area contributed by atoms with Gasteiger partial charge in [0.1, 0.15) is 5.82 Å². The normalized spacial score (nSPS) is 12.4. The van der Waals surface area contributed by atoms with Gasteiger partial charge in [0.05, 0.1) is 4.90 Å². The molecule has 2 N–H and O–H groups in total. The van der Waals surface area contributed by atoms with Crippen molar-refractivity contribution >= 4 is 15.8 Å². The van der Waals surface area contributed by atoms with Crippen LogP contribution in [0, 0.1) is 0 Å². The maximum Gasteiger partial charge on any atom is 0.241 e. The molecular formula is C14H25N3O2S. The second-order valence-electron chi connectivity index (χ2n) is 5.18. The van der Waals surface area contributed by atoms with Crippen LogP contribution in [0.15, 0.2) is 23.2 Å². The van der Waals surface area contributed by atoms with Crippen LogP contribution in [0.1, 0.15) is 47.0 Å². The van der Waals surface area contributed by atoms with Gasteiger partial charge in [-0.15, -0.1) is 0 Å². The zero-order valence-corrected chi connectivity index (χ0v) is 13.5. The van der Waals surface area contributed by atoms with Crippen LogP contribution in [0.3, 0.4) is 0 Å². The lowest BCUT2D eigenvalue weighted by molar-refractivity contribution is 0.388. The van der Waals surface area contributed by atoms with Crippen LogP contribution >= 0.6 is 0 Å². The summed E-state index contributed by atoms with van der Waals surface area (Å²) in [5.41, 5.74) is -0.418. The van der Waals surface area contributed by atoms with Gasteiger partial charge in [0.15, 0.2) is 0 Å². The molecule has 1 rings (SSSR count). The molecule has 0 atom stereocenters. The first-order chi connectivity index (χ1) is 9.37. The molecule has 0 saturated heterocycles. The molecule has 0 saturated carbocycles. The third-order valence-electron chi connectivity index (χ3n) is 3.54. The molecule has 0 fully saturated rings. The number of hydrogen-bond acceptors (Lipinski definition) is 4. The summed E-state index contributed by atoms with van der Waals surface area (Å²) >= 11 is 0. The van der Waals surface area contributed by atoms with E-state index in [4.69, 9.17) is 0 Å². The predicted molar refractivity (Wildman–Crippen MR) is 82.3 cm³/mol. The highest BCUT2D eigenvalue weighted by Gasteiger charge is 2.27. The number of anilines is 1. The monoisotopic (exact) mass is 299 g/mol. The van der Waals surface area contributed by atoms with Crippen LogP contribution in [0.25, 0.3) is 0 Å². The Labute approximate surface area is 122 Å². The van der Waals surface area contributed by atoms with E-state index < -0.39 is 15.6 Å². The fraction of sp³-hybridized carbons (Fsp3) is 0.643. The van der Waals surface area contributed by atoms with Gasteiger partial charge in [0.25, 0.3) is 0 Å². The van der Waals surface area contributed by atoms with E-state index in [0.29, 0.717) is 5.82 Å². The van der Waals surface area contributed by atoms with Crippen molar-refractivity contribution in [2.75, 3.05) is 11.9 Å². The van der Waals surface area contributed by atoms with E-state index in [0.717, 1.165) is 25.8 Å². The molecule has 0 radical (unpaired) electrons. The van der Waals surface area contributed by atoms with Crippen molar-refractivity contribution in [1.82, 2.24) is 9.71 Å². The molecule has 0 aliphatic heterocycles. The lowest BCUT2D eigenvalue weighted by atomic mass is 9.98. The SMILES string of the molecule is CCCNc1cc(S(=O)(=O)NC(C)(CC)CC)ccn1. The number of sulfonamides is 1. The Kier molecular flexibility index (Phi) is 5.95. The van der Waals surface area contributed by atoms with Crippen molar-refractivity contribution in [3.05, 3.63) is 18.3 Å². The Morgan fingerprint density at radius 3 is 2.45 bits per heavy atom. The summed E-state index contributed by atoms with van der Waals surface area (Å²) in [5.74, 6) is 0.587. The molecule has 1 aromatic rings. The minimum absolute atomic E-state index is 0.249. The molecule has 0 aliphatic rings. The van der Waals surface area contributed by atoms with Gasteiger partial charge in [-0.3, -0.25) is 0 Å². The van der Waals surface area contributed by atoms with Gasteiger partial charge in [0, 0.05) is 24.3 Å². The smallest absolute Gasteiger partial charge is 0.241 e. The van der Waals surface area contributed by atoms with E-state index in [2.05, 4.69) is 15.0 Å². The van der Waals surface area contributed by atoms with Crippen LogP contribution in [0.4, 0.5) is 5.82 Å². The number of pyridine rings is 1. The van der Waals surface area contributed by atoms with E-state index in [-0.39, 0.29) is 4.90 Å². The second-order valence-corrected chi connectivity index (χ2v) is 6.86. The molecule has 0 spiro atoms. The first-order valence-corrected chi connectivity index (χ1v) is 8.59. The maximum absolute atomic E-state index is 12.4. The zero-order chi connectivity index (χ0) is 15.2. The average molecular weight is 299 g/mol. The predicted octanol–water partition coefficient (Wildman–Crippen LogP) is 2.76. The van der Waals surface area contributed by atoms with Crippen LogP contribution in [0.5, 0.6) is 0 Å². The number of nitrogens with zero attached hydrogens (tertiary/aromatic N) is 1. The molecule has 0 unspecified atom stereocenters. The van der Waals surface area contributed by atoms with Gasteiger partial charge >= 0.3 is 0 Å². The van der Waals surface area contributed by atoms with Crippen molar-refractivity contribution in [1.29, 1.82) is 0 Å². The lowest BCUT2D eigenvalue weighted by Gasteiger charge is -2.27. The van der Waals surface area contributed by atoms with Crippen LogP contribution in [0.2, 0.25) is 0 Å². The standard InChI is InChI=1S/C14H25N3O2S/c1-5-9-15-13-11-12(8-10-16-13)20(18,19)17-14(4,6-2)7-3/h8,10-11,17H,5-7,9H2,1-4H3,(H,15,16). The summed E-state index contributed by atoms with van der Waals surface area (Å²) in [6.45, 7) is 8.69. The van der Waals surface area contributed by atoms with Crippen LogP contribution in [-0.4, -0.2) is 25.5 Å². The largest absolute Gasteiger partial charge is 0.370 e. The van der Waals surface area contributed by atoms with Crippen molar-refractivity contribution in [2.45, 2.75) is 57.4 Å². The second kappa shape index (κ2) is 7.04. The Morgan fingerprint density at radius 1 is 1.25 bits per heavy atom. The van der Waals surface area contributed by atoms with Gasteiger partial charge < -0.3 is 5.32 Å². The van der Waals surface area contributed by atoms with E-state index >= 15 is 0 Å². The van der Waals surface area contributed by atoms with Crippen molar-refractivity contribution in [2.24, 2.45) is 0 Å². The number of rotatable bonds is 8. The fourth-order valence-electron chi connectivity index (χ4n) is 1.71. The third kappa shape index (κ3) is 4.45. The molecule has 0 bridgehead atoms. The third-order valence-corrected chi connectivity index (χ3v) is 5.18. The molecule has 0 amide bonds. The van der Waals surface area contributed by atoms with E-state index in [1.54, 1.807) is 6.07 Å². The number of nitrogens with one attached hydrogen (secondary N) is 2. The highest BCUT2D eigenvalue weighted by Crippen LogP contribution is 2.20. The lowest BCUT2D eigenvalue weighted by Crippen LogP contribution is -2.44. The summed E-state index contributed by atoms with van der Waals surface area (Å²) in [4.78, 5) is 4.37. The first kappa shape index (κ1) is 16.9. The first-order valence-electron chi connectivity index (χ1n) is 7.10. The van der Waals surface area contributed by atoms with Crippen molar-refractivity contribution in [3.8, 4) is 0 Å². The molecule has 1 heterocycles.